The van der Waals surface area contributed by atoms with E-state index in [1.54, 1.807) is 11.0 Å². The number of carbonyl (C=O) groups excluding carboxylic acids is 1. The lowest BCUT2D eigenvalue weighted by Crippen LogP contribution is -2.52. The van der Waals surface area contributed by atoms with E-state index in [0.717, 1.165) is 25.7 Å². The quantitative estimate of drug-likeness (QED) is 0.706. The number of thiol groups is 1. The van der Waals surface area contributed by atoms with E-state index in [2.05, 4.69) is 9.88 Å². The Hall–Kier alpha value is -1.37. The Morgan fingerprint density at radius 1 is 1.43 bits per heavy atom. The number of halogens is 1. The van der Waals surface area contributed by atoms with Crippen molar-refractivity contribution in [3.63, 3.8) is 0 Å². The van der Waals surface area contributed by atoms with E-state index in [4.69, 9.17) is 39.3 Å². The van der Waals surface area contributed by atoms with Crippen LogP contribution in [0, 0.1) is 11.3 Å². The molecule has 3 rings (SSSR count). The number of nitriles is 1. The van der Waals surface area contributed by atoms with Crippen molar-refractivity contribution < 1.29 is 14.6 Å². The van der Waals surface area contributed by atoms with Crippen LogP contribution in [0.15, 0.2) is 12.3 Å². The van der Waals surface area contributed by atoms with Crippen molar-refractivity contribution in [2.24, 2.45) is 0 Å². The molecule has 1 amide bonds. The summed E-state index contributed by atoms with van der Waals surface area (Å²) in [7, 11) is 0. The number of aliphatic hydroxyl groups is 1. The molecule has 0 spiro atoms. The number of aliphatic hydroxyl groups excluding tert-OH is 1. The predicted octanol–water partition coefficient (Wildman–Crippen LogP) is 2.57. The van der Waals surface area contributed by atoms with Crippen LogP contribution in [0.25, 0.3) is 0 Å². The number of ether oxygens (including phenoxy) is 1. The summed E-state index contributed by atoms with van der Waals surface area (Å²) >= 11 is 10.9. The molecule has 2 fully saturated rings. The van der Waals surface area contributed by atoms with Crippen molar-refractivity contribution in [1.29, 1.82) is 5.26 Å². The van der Waals surface area contributed by atoms with Gasteiger partial charge in [0.1, 0.15) is 11.6 Å². The Bertz CT molecular complexity index is 777. The fraction of sp³-hybridized carbons (Fsp3) is 0.632. The molecule has 1 saturated heterocycles. The summed E-state index contributed by atoms with van der Waals surface area (Å²) in [4.78, 5) is 21.0. The number of carbonyl (C=O) groups is 1. The van der Waals surface area contributed by atoms with E-state index in [1.165, 1.54) is 6.20 Å². The fourth-order valence-corrected chi connectivity index (χ4v) is 5.09. The van der Waals surface area contributed by atoms with E-state index in [9.17, 15) is 4.79 Å². The standard InChI is InChI=1S/C19H25ClN4O3S/c1-19(2)17(26)23(13-9-15(20)16(10-21)22-11-13)18(28)24(19)12-3-5-14(6-4-12)27-8-7-25/h9,11-12,14,18,25,28H,3-8H2,1-2H3. The first kappa shape index (κ1) is 21.3. The lowest BCUT2D eigenvalue weighted by molar-refractivity contribution is -0.124. The monoisotopic (exact) mass is 424 g/mol. The Morgan fingerprint density at radius 3 is 2.68 bits per heavy atom. The van der Waals surface area contributed by atoms with Gasteiger partial charge in [-0.05, 0) is 45.6 Å². The molecule has 1 atom stereocenters. The van der Waals surface area contributed by atoms with Crippen molar-refractivity contribution in [3.8, 4) is 6.07 Å². The fourth-order valence-electron chi connectivity index (χ4n) is 4.17. The lowest BCUT2D eigenvalue weighted by atomic mass is 9.89. The van der Waals surface area contributed by atoms with Gasteiger partial charge in [-0.25, -0.2) is 4.98 Å². The van der Waals surface area contributed by atoms with Gasteiger partial charge >= 0.3 is 0 Å². The van der Waals surface area contributed by atoms with E-state index in [0.29, 0.717) is 12.3 Å². The molecule has 1 N–H and O–H groups in total. The minimum atomic E-state index is -0.726. The maximum absolute atomic E-state index is 13.2. The molecule has 2 heterocycles. The van der Waals surface area contributed by atoms with Gasteiger partial charge in [0.2, 0.25) is 5.91 Å². The molecule has 0 bridgehead atoms. The molecule has 9 heteroatoms. The molecule has 152 valence electrons. The third kappa shape index (κ3) is 3.87. The Morgan fingerprint density at radius 2 is 2.11 bits per heavy atom. The van der Waals surface area contributed by atoms with Gasteiger partial charge in [-0.2, -0.15) is 5.26 Å². The van der Waals surface area contributed by atoms with Crippen molar-refractivity contribution in [2.75, 3.05) is 18.1 Å². The van der Waals surface area contributed by atoms with E-state index in [-0.39, 0.29) is 35.4 Å². The molecule has 1 saturated carbocycles. The zero-order valence-electron chi connectivity index (χ0n) is 16.0. The number of pyridine rings is 1. The maximum Gasteiger partial charge on any atom is 0.249 e. The first-order valence-electron chi connectivity index (χ1n) is 9.39. The van der Waals surface area contributed by atoms with Crippen LogP contribution in [0.2, 0.25) is 5.02 Å². The first-order chi connectivity index (χ1) is 13.3. The normalized spacial score (nSPS) is 27.8. The summed E-state index contributed by atoms with van der Waals surface area (Å²) in [6.07, 6.45) is 5.20. The van der Waals surface area contributed by atoms with Crippen LogP contribution >= 0.6 is 24.2 Å². The number of hydrogen-bond acceptors (Lipinski definition) is 7. The lowest BCUT2D eigenvalue weighted by Gasteiger charge is -2.41. The van der Waals surface area contributed by atoms with Gasteiger partial charge in [0.05, 0.1) is 41.8 Å². The average molecular weight is 425 g/mol. The van der Waals surface area contributed by atoms with E-state index < -0.39 is 11.0 Å². The summed E-state index contributed by atoms with van der Waals surface area (Å²) in [5.74, 6) is -0.0753. The Kier molecular flexibility index (Phi) is 6.52. The second-order valence-corrected chi connectivity index (χ2v) is 8.52. The maximum atomic E-state index is 13.2. The van der Waals surface area contributed by atoms with Crippen LogP contribution in [0.4, 0.5) is 5.69 Å². The minimum absolute atomic E-state index is 0.0302. The molecular formula is C19H25ClN4O3S. The molecule has 28 heavy (non-hydrogen) atoms. The molecule has 2 aliphatic rings. The summed E-state index contributed by atoms with van der Waals surface area (Å²) in [5.41, 5.74) is -0.515. The van der Waals surface area contributed by atoms with Gasteiger partial charge in [-0.3, -0.25) is 14.6 Å². The van der Waals surface area contributed by atoms with Gasteiger partial charge in [-0.15, -0.1) is 12.6 Å². The molecule has 7 nitrogen and oxygen atoms in total. The number of nitrogens with zero attached hydrogens (tertiary/aromatic N) is 4. The Balaban J connectivity index is 1.80. The topological polar surface area (TPSA) is 89.7 Å². The highest BCUT2D eigenvalue weighted by Gasteiger charge is 2.54. The molecular weight excluding hydrogens is 400 g/mol. The molecule has 1 unspecified atom stereocenters. The second kappa shape index (κ2) is 8.56. The molecule has 1 aliphatic heterocycles. The van der Waals surface area contributed by atoms with Crippen molar-refractivity contribution in [2.45, 2.75) is 62.7 Å². The number of rotatable bonds is 5. The van der Waals surface area contributed by atoms with Crippen molar-refractivity contribution in [3.05, 3.63) is 23.0 Å². The van der Waals surface area contributed by atoms with Gasteiger partial charge in [-0.1, -0.05) is 11.6 Å². The van der Waals surface area contributed by atoms with Gasteiger partial charge in [0.25, 0.3) is 0 Å². The third-order valence-electron chi connectivity index (χ3n) is 5.56. The Labute approximate surface area is 175 Å². The second-order valence-electron chi connectivity index (χ2n) is 7.65. The number of amides is 1. The summed E-state index contributed by atoms with van der Waals surface area (Å²) in [6.45, 7) is 4.21. The summed E-state index contributed by atoms with van der Waals surface area (Å²) in [6, 6.07) is 3.71. The first-order valence-corrected chi connectivity index (χ1v) is 10.3. The zero-order valence-corrected chi connectivity index (χ0v) is 17.7. The zero-order chi connectivity index (χ0) is 20.5. The van der Waals surface area contributed by atoms with Gasteiger partial charge in [0.15, 0.2) is 5.69 Å². The van der Waals surface area contributed by atoms with Crippen LogP contribution in [0.5, 0.6) is 0 Å². The van der Waals surface area contributed by atoms with Crippen LogP contribution in [-0.2, 0) is 9.53 Å². The SMILES string of the molecule is CC1(C)C(=O)N(c2cnc(C#N)c(Cl)c2)C(S)N1C1CCC(OCCO)CC1. The van der Waals surface area contributed by atoms with Gasteiger partial charge in [0, 0.05) is 6.04 Å². The number of hydrogen-bond donors (Lipinski definition) is 2. The highest BCUT2D eigenvalue weighted by Crippen LogP contribution is 2.41. The molecule has 0 radical (unpaired) electrons. The van der Waals surface area contributed by atoms with Crippen LogP contribution in [0.3, 0.4) is 0 Å². The molecule has 0 aromatic carbocycles. The van der Waals surface area contributed by atoms with E-state index >= 15 is 0 Å². The average Bonchev–Trinajstić information content (AvgIpc) is 2.85. The molecule has 1 aliphatic carbocycles. The number of aromatic nitrogens is 1. The molecule has 1 aromatic heterocycles. The van der Waals surface area contributed by atoms with Crippen molar-refractivity contribution >= 4 is 35.8 Å². The minimum Gasteiger partial charge on any atom is -0.394 e. The number of anilines is 1. The highest BCUT2D eigenvalue weighted by atomic mass is 35.5. The smallest absolute Gasteiger partial charge is 0.249 e. The van der Waals surface area contributed by atoms with Crippen LogP contribution in [-0.4, -0.2) is 57.3 Å². The third-order valence-corrected chi connectivity index (χ3v) is 6.33. The summed E-state index contributed by atoms with van der Waals surface area (Å²) < 4.78 is 5.65. The largest absolute Gasteiger partial charge is 0.394 e. The van der Waals surface area contributed by atoms with E-state index in [1.807, 2.05) is 19.9 Å². The van der Waals surface area contributed by atoms with Crippen molar-refractivity contribution in [1.82, 2.24) is 9.88 Å². The predicted molar refractivity (Wildman–Crippen MR) is 109 cm³/mol. The highest BCUT2D eigenvalue weighted by molar-refractivity contribution is 7.81. The van der Waals surface area contributed by atoms with Crippen LogP contribution in [0.1, 0.15) is 45.2 Å². The van der Waals surface area contributed by atoms with Gasteiger partial charge < -0.3 is 9.84 Å². The molecule has 1 aromatic rings. The summed E-state index contributed by atoms with van der Waals surface area (Å²) in [5, 5.41) is 18.2. The van der Waals surface area contributed by atoms with Crippen LogP contribution < -0.4 is 4.90 Å².